The van der Waals surface area contributed by atoms with Gasteiger partial charge in [0.05, 0.1) is 0 Å². The van der Waals surface area contributed by atoms with Crippen molar-refractivity contribution in [2.75, 3.05) is 0 Å². The Labute approximate surface area is 132 Å². The van der Waals surface area contributed by atoms with Crippen molar-refractivity contribution in [1.82, 2.24) is 0 Å². The predicted octanol–water partition coefficient (Wildman–Crippen LogP) is 3.91. The SMILES string of the molecule is C[C@]12CC[C@H]3[C@@H](CCC4C(=O)C(O)CC[C@@]43C)[C@@H]1C[C@@H](F)C2. The predicted molar refractivity (Wildman–Crippen MR) is 83.0 cm³/mol. The van der Waals surface area contributed by atoms with E-state index in [-0.39, 0.29) is 22.5 Å². The van der Waals surface area contributed by atoms with E-state index in [0.717, 1.165) is 44.9 Å². The van der Waals surface area contributed by atoms with Crippen LogP contribution in [0.5, 0.6) is 0 Å². The molecule has 4 saturated carbocycles. The average molecular weight is 308 g/mol. The van der Waals surface area contributed by atoms with E-state index in [1.165, 1.54) is 0 Å². The number of Topliss-reactive ketones (excluding diaryl/α,β-unsaturated/α-hetero) is 1. The molecular weight excluding hydrogens is 279 g/mol. The quantitative estimate of drug-likeness (QED) is 0.737. The van der Waals surface area contributed by atoms with Gasteiger partial charge in [-0.25, -0.2) is 4.39 Å². The van der Waals surface area contributed by atoms with Gasteiger partial charge < -0.3 is 5.11 Å². The van der Waals surface area contributed by atoms with Crippen LogP contribution in [0, 0.1) is 34.5 Å². The molecule has 4 aliphatic carbocycles. The van der Waals surface area contributed by atoms with E-state index in [1.807, 2.05) is 0 Å². The molecule has 2 nitrogen and oxygen atoms in total. The third kappa shape index (κ3) is 1.90. The van der Waals surface area contributed by atoms with Gasteiger partial charge in [0.2, 0.25) is 0 Å². The second-order valence-electron chi connectivity index (χ2n) is 9.20. The molecule has 0 radical (unpaired) electrons. The molecule has 0 aliphatic heterocycles. The summed E-state index contributed by atoms with van der Waals surface area (Å²) in [5.41, 5.74) is 0.247. The molecule has 2 unspecified atom stereocenters. The molecule has 1 N–H and O–H groups in total. The summed E-state index contributed by atoms with van der Waals surface area (Å²) in [6.45, 7) is 4.60. The van der Waals surface area contributed by atoms with E-state index < -0.39 is 12.3 Å². The van der Waals surface area contributed by atoms with Gasteiger partial charge in [-0.15, -0.1) is 0 Å². The molecule has 0 aromatic carbocycles. The normalized spacial score (nSPS) is 57.9. The van der Waals surface area contributed by atoms with Crippen molar-refractivity contribution in [1.29, 1.82) is 0 Å². The minimum Gasteiger partial charge on any atom is -0.385 e. The topological polar surface area (TPSA) is 37.3 Å². The highest BCUT2D eigenvalue weighted by Gasteiger charge is 2.60. The second kappa shape index (κ2) is 4.78. The van der Waals surface area contributed by atoms with Crippen LogP contribution in [-0.4, -0.2) is 23.2 Å². The van der Waals surface area contributed by atoms with Crippen molar-refractivity contribution in [3.8, 4) is 0 Å². The largest absolute Gasteiger partial charge is 0.385 e. The molecule has 0 amide bonds. The molecule has 124 valence electrons. The van der Waals surface area contributed by atoms with Crippen LogP contribution < -0.4 is 0 Å². The highest BCUT2D eigenvalue weighted by Crippen LogP contribution is 2.65. The zero-order valence-electron chi connectivity index (χ0n) is 13.9. The first-order valence-electron chi connectivity index (χ1n) is 9.21. The fourth-order valence-electron chi connectivity index (χ4n) is 7.08. The van der Waals surface area contributed by atoms with Crippen LogP contribution in [0.1, 0.15) is 65.2 Å². The van der Waals surface area contributed by atoms with Gasteiger partial charge >= 0.3 is 0 Å². The van der Waals surface area contributed by atoms with E-state index in [4.69, 9.17) is 0 Å². The van der Waals surface area contributed by atoms with Gasteiger partial charge in [0, 0.05) is 5.92 Å². The number of aliphatic hydroxyl groups is 1. The first kappa shape index (κ1) is 15.1. The van der Waals surface area contributed by atoms with E-state index >= 15 is 0 Å². The zero-order valence-corrected chi connectivity index (χ0v) is 13.9. The number of carbonyl (C=O) groups excluding carboxylic acids is 1. The number of halogens is 1. The standard InChI is InChI=1S/C19H29FO2/c1-18-7-5-13-12(15(18)9-11(20)10-18)3-4-14-17(22)16(21)6-8-19(13,14)2/h11-16,21H,3-10H2,1-2H3/t11-,12-,13+,14?,15+,16?,18-,19-/m1/s1. The molecule has 22 heavy (non-hydrogen) atoms. The first-order chi connectivity index (χ1) is 10.3. The van der Waals surface area contributed by atoms with Gasteiger partial charge in [-0.2, -0.15) is 0 Å². The van der Waals surface area contributed by atoms with Crippen LogP contribution in [0.25, 0.3) is 0 Å². The van der Waals surface area contributed by atoms with Gasteiger partial charge in [0.1, 0.15) is 12.3 Å². The van der Waals surface area contributed by atoms with Gasteiger partial charge in [0.25, 0.3) is 0 Å². The molecule has 0 spiro atoms. The zero-order chi connectivity index (χ0) is 15.7. The Bertz CT molecular complexity index is 492. The molecule has 0 bridgehead atoms. The van der Waals surface area contributed by atoms with Crippen molar-refractivity contribution in [2.45, 2.75) is 77.5 Å². The smallest absolute Gasteiger partial charge is 0.164 e. The Morgan fingerprint density at radius 3 is 2.64 bits per heavy atom. The lowest BCUT2D eigenvalue weighted by Gasteiger charge is -2.59. The lowest BCUT2D eigenvalue weighted by atomic mass is 9.45. The number of hydrogen-bond donors (Lipinski definition) is 1. The van der Waals surface area contributed by atoms with E-state index in [1.54, 1.807) is 0 Å². The second-order valence-corrected chi connectivity index (χ2v) is 9.20. The summed E-state index contributed by atoms with van der Waals surface area (Å²) in [6, 6.07) is 0. The van der Waals surface area contributed by atoms with Gasteiger partial charge in [-0.05, 0) is 80.0 Å². The van der Waals surface area contributed by atoms with Crippen LogP contribution in [0.15, 0.2) is 0 Å². The number of carbonyl (C=O) groups is 1. The summed E-state index contributed by atoms with van der Waals surface area (Å²) < 4.78 is 14.1. The molecule has 3 heteroatoms. The summed E-state index contributed by atoms with van der Waals surface area (Å²) in [5.74, 6) is 1.82. The molecule has 0 aromatic heterocycles. The first-order valence-corrected chi connectivity index (χ1v) is 9.21. The molecule has 0 aromatic rings. The van der Waals surface area contributed by atoms with E-state index in [9.17, 15) is 14.3 Å². The van der Waals surface area contributed by atoms with Crippen LogP contribution in [0.4, 0.5) is 4.39 Å². The fourth-order valence-corrected chi connectivity index (χ4v) is 7.08. The Kier molecular flexibility index (Phi) is 3.28. The molecule has 0 heterocycles. The molecule has 4 aliphatic rings. The van der Waals surface area contributed by atoms with Crippen molar-refractivity contribution in [2.24, 2.45) is 34.5 Å². The molecule has 0 saturated heterocycles. The molecule has 4 fully saturated rings. The summed E-state index contributed by atoms with van der Waals surface area (Å²) in [6.07, 6.45) is 6.00. The van der Waals surface area contributed by atoms with Crippen LogP contribution in [0.3, 0.4) is 0 Å². The van der Waals surface area contributed by atoms with Crippen molar-refractivity contribution in [3.63, 3.8) is 0 Å². The number of fused-ring (bicyclic) bond motifs is 5. The Hall–Kier alpha value is -0.440. The van der Waals surface area contributed by atoms with Crippen LogP contribution >= 0.6 is 0 Å². The van der Waals surface area contributed by atoms with Crippen molar-refractivity contribution < 1.29 is 14.3 Å². The monoisotopic (exact) mass is 308 g/mol. The fraction of sp³-hybridized carbons (Fsp3) is 0.947. The number of rotatable bonds is 0. The maximum Gasteiger partial charge on any atom is 0.164 e. The maximum absolute atomic E-state index is 14.1. The average Bonchev–Trinajstić information content (AvgIpc) is 2.78. The Morgan fingerprint density at radius 1 is 1.09 bits per heavy atom. The van der Waals surface area contributed by atoms with E-state index in [2.05, 4.69) is 13.8 Å². The maximum atomic E-state index is 14.1. The highest BCUT2D eigenvalue weighted by atomic mass is 19.1. The number of hydrogen-bond acceptors (Lipinski definition) is 2. The summed E-state index contributed by atoms with van der Waals surface area (Å²) in [5, 5.41) is 9.95. The molecular formula is C19H29FO2. The third-order valence-corrected chi connectivity index (χ3v) is 8.21. The van der Waals surface area contributed by atoms with Crippen LogP contribution in [-0.2, 0) is 4.79 Å². The highest BCUT2D eigenvalue weighted by molar-refractivity contribution is 5.86. The summed E-state index contributed by atoms with van der Waals surface area (Å²) in [7, 11) is 0. The third-order valence-electron chi connectivity index (χ3n) is 8.21. The summed E-state index contributed by atoms with van der Waals surface area (Å²) >= 11 is 0. The summed E-state index contributed by atoms with van der Waals surface area (Å²) in [4.78, 5) is 12.5. The number of alkyl halides is 1. The van der Waals surface area contributed by atoms with Crippen molar-refractivity contribution >= 4 is 5.78 Å². The number of ketones is 1. The number of aliphatic hydroxyl groups excluding tert-OH is 1. The van der Waals surface area contributed by atoms with E-state index in [0.29, 0.717) is 24.2 Å². The van der Waals surface area contributed by atoms with Crippen molar-refractivity contribution in [3.05, 3.63) is 0 Å². The van der Waals surface area contributed by atoms with Gasteiger partial charge in [0.15, 0.2) is 5.78 Å². The minimum atomic E-state index is -0.731. The van der Waals surface area contributed by atoms with Gasteiger partial charge in [-0.1, -0.05) is 13.8 Å². The molecule has 8 atom stereocenters. The van der Waals surface area contributed by atoms with Crippen LogP contribution in [0.2, 0.25) is 0 Å². The molecule has 4 rings (SSSR count). The Balaban J connectivity index is 1.65. The lowest BCUT2D eigenvalue weighted by molar-refractivity contribution is -0.158. The lowest BCUT2D eigenvalue weighted by Crippen LogP contribution is -2.56. The minimum absolute atomic E-state index is 0.0458. The van der Waals surface area contributed by atoms with Gasteiger partial charge in [-0.3, -0.25) is 4.79 Å². The Morgan fingerprint density at radius 2 is 1.86 bits per heavy atom.